The summed E-state index contributed by atoms with van der Waals surface area (Å²) in [6.07, 6.45) is 1.73. The molecule has 3 aromatic heterocycles. The number of ketones is 1. The molecular weight excluding hydrogens is 466 g/mol. The number of carbonyl (C=O) groups excluding carboxylic acids is 1. The Morgan fingerprint density at radius 1 is 1.03 bits per heavy atom. The summed E-state index contributed by atoms with van der Waals surface area (Å²) < 4.78 is 1.19. The van der Waals surface area contributed by atoms with E-state index in [1.807, 2.05) is 36.4 Å². The summed E-state index contributed by atoms with van der Waals surface area (Å²) >= 11 is 1.67. The van der Waals surface area contributed by atoms with E-state index in [-0.39, 0.29) is 17.6 Å². The molecule has 0 aliphatic carbocycles. The number of carbonyl (C=O) groups is 1. The highest BCUT2D eigenvalue weighted by Gasteiger charge is 2.23. The summed E-state index contributed by atoms with van der Waals surface area (Å²) in [5.74, 6) is 0.773. The van der Waals surface area contributed by atoms with Crippen molar-refractivity contribution in [2.75, 3.05) is 30.3 Å². The summed E-state index contributed by atoms with van der Waals surface area (Å²) in [4.78, 5) is 24.9. The Morgan fingerprint density at radius 2 is 1.86 bits per heavy atom. The third-order valence-electron chi connectivity index (χ3n) is 6.62. The number of nitrogens with two attached hydrogens (primary N) is 1. The van der Waals surface area contributed by atoms with E-state index in [0.29, 0.717) is 11.3 Å². The Balaban J connectivity index is 1.29. The molecule has 6 nitrogen and oxygen atoms in total. The van der Waals surface area contributed by atoms with Crippen molar-refractivity contribution in [3.05, 3.63) is 107 Å². The van der Waals surface area contributed by atoms with Gasteiger partial charge in [-0.25, -0.2) is 9.97 Å². The van der Waals surface area contributed by atoms with E-state index in [1.54, 1.807) is 23.6 Å². The van der Waals surface area contributed by atoms with Gasteiger partial charge in [-0.2, -0.15) is 0 Å². The fraction of sp³-hybridized carbons (Fsp3) is 0.138. The minimum atomic E-state index is -0.224. The maximum atomic E-state index is 13.6. The van der Waals surface area contributed by atoms with Crippen LogP contribution in [0.3, 0.4) is 0 Å². The van der Waals surface area contributed by atoms with Crippen molar-refractivity contribution in [2.45, 2.75) is 6.04 Å². The molecule has 36 heavy (non-hydrogen) atoms. The first-order valence-electron chi connectivity index (χ1n) is 11.9. The Labute approximate surface area is 213 Å². The molecule has 178 valence electrons. The molecule has 1 unspecified atom stereocenters. The molecule has 7 heteroatoms. The van der Waals surface area contributed by atoms with Crippen LogP contribution in [-0.2, 0) is 0 Å². The second-order valence-electron chi connectivity index (χ2n) is 8.88. The van der Waals surface area contributed by atoms with E-state index in [9.17, 15) is 4.79 Å². The van der Waals surface area contributed by atoms with Gasteiger partial charge in [-0.1, -0.05) is 54.6 Å². The first-order valence-corrected chi connectivity index (χ1v) is 12.8. The minimum Gasteiger partial charge on any atom is -0.383 e. The molecular formula is C29H25N5OS. The SMILES string of the molecule is Nc1ncc(-c2csc3ccccc23)cc1C(=O)c1cccc(N2CCNC(c3ccccc3)C2)n1. The Bertz CT molecular complexity index is 1550. The van der Waals surface area contributed by atoms with E-state index in [0.717, 1.165) is 42.0 Å². The molecule has 0 bridgehead atoms. The van der Waals surface area contributed by atoms with Crippen molar-refractivity contribution < 1.29 is 4.79 Å². The lowest BCUT2D eigenvalue weighted by atomic mass is 10.0. The van der Waals surface area contributed by atoms with Crippen LogP contribution in [0.25, 0.3) is 21.2 Å². The number of anilines is 2. The third kappa shape index (κ3) is 4.23. The van der Waals surface area contributed by atoms with Crippen LogP contribution in [0, 0.1) is 0 Å². The molecule has 0 saturated carbocycles. The van der Waals surface area contributed by atoms with E-state index in [4.69, 9.17) is 10.7 Å². The van der Waals surface area contributed by atoms with E-state index < -0.39 is 0 Å². The Hall–Kier alpha value is -4.07. The quantitative estimate of drug-likeness (QED) is 0.324. The standard InChI is InChI=1S/C29H25N5OS/c30-29-22(15-20(16-32-29)23-18-36-26-11-5-4-9-21(23)26)28(35)24-10-6-12-27(33-24)34-14-13-31-25(17-34)19-7-2-1-3-8-19/h1-12,15-16,18,25,31H,13-14,17H2,(H2,30,32). The molecule has 1 fully saturated rings. The number of fused-ring (bicyclic) bond motifs is 1. The summed E-state index contributed by atoms with van der Waals surface area (Å²) in [5.41, 5.74) is 10.1. The molecule has 0 spiro atoms. The van der Waals surface area contributed by atoms with Gasteiger partial charge in [0.25, 0.3) is 0 Å². The zero-order valence-corrected chi connectivity index (χ0v) is 20.4. The number of nitrogens with zero attached hydrogens (tertiary/aromatic N) is 3. The topological polar surface area (TPSA) is 84.1 Å². The van der Waals surface area contributed by atoms with Gasteiger partial charge in [0.1, 0.15) is 17.3 Å². The van der Waals surface area contributed by atoms with Crippen molar-refractivity contribution >= 4 is 38.8 Å². The number of nitrogens with one attached hydrogen (secondary N) is 1. The molecule has 1 aliphatic rings. The predicted octanol–water partition coefficient (Wildman–Crippen LogP) is 5.32. The van der Waals surface area contributed by atoms with Crippen LogP contribution in [0.15, 0.2) is 90.4 Å². The van der Waals surface area contributed by atoms with Gasteiger partial charge in [-0.3, -0.25) is 4.79 Å². The Kier molecular flexibility index (Phi) is 5.93. The zero-order chi connectivity index (χ0) is 24.5. The zero-order valence-electron chi connectivity index (χ0n) is 19.6. The number of aromatic nitrogens is 2. The molecule has 1 atom stereocenters. The lowest BCUT2D eigenvalue weighted by Gasteiger charge is -2.35. The molecule has 1 saturated heterocycles. The van der Waals surface area contributed by atoms with Crippen molar-refractivity contribution in [3.8, 4) is 11.1 Å². The van der Waals surface area contributed by atoms with Crippen LogP contribution in [0.4, 0.5) is 11.6 Å². The number of thiophene rings is 1. The van der Waals surface area contributed by atoms with Crippen LogP contribution in [0.2, 0.25) is 0 Å². The summed E-state index contributed by atoms with van der Waals surface area (Å²) in [6.45, 7) is 2.43. The van der Waals surface area contributed by atoms with Crippen LogP contribution in [0.1, 0.15) is 27.7 Å². The van der Waals surface area contributed by atoms with Crippen molar-refractivity contribution in [3.63, 3.8) is 0 Å². The Morgan fingerprint density at radius 3 is 2.75 bits per heavy atom. The summed E-state index contributed by atoms with van der Waals surface area (Å²) in [6, 6.07) is 26.2. The average molecular weight is 492 g/mol. The smallest absolute Gasteiger partial charge is 0.215 e. The van der Waals surface area contributed by atoms with E-state index in [2.05, 4.69) is 57.0 Å². The van der Waals surface area contributed by atoms with Gasteiger partial charge in [0.2, 0.25) is 5.78 Å². The number of rotatable bonds is 5. The van der Waals surface area contributed by atoms with Crippen LogP contribution >= 0.6 is 11.3 Å². The highest BCUT2D eigenvalue weighted by Crippen LogP contribution is 2.34. The van der Waals surface area contributed by atoms with Crippen molar-refractivity contribution in [1.82, 2.24) is 15.3 Å². The monoisotopic (exact) mass is 491 g/mol. The number of hydrogen-bond acceptors (Lipinski definition) is 7. The fourth-order valence-electron chi connectivity index (χ4n) is 4.74. The van der Waals surface area contributed by atoms with Gasteiger partial charge in [-0.05, 0) is 35.2 Å². The van der Waals surface area contributed by atoms with Crippen LogP contribution < -0.4 is 16.0 Å². The number of piperazine rings is 1. The van der Waals surface area contributed by atoms with E-state index >= 15 is 0 Å². The average Bonchev–Trinajstić information content (AvgIpc) is 3.38. The molecule has 0 amide bonds. The second kappa shape index (κ2) is 9.53. The van der Waals surface area contributed by atoms with Gasteiger partial charge >= 0.3 is 0 Å². The normalized spacial score (nSPS) is 15.8. The maximum Gasteiger partial charge on any atom is 0.215 e. The fourth-order valence-corrected chi connectivity index (χ4v) is 5.71. The second-order valence-corrected chi connectivity index (χ2v) is 9.79. The molecule has 4 heterocycles. The van der Waals surface area contributed by atoms with Crippen LogP contribution in [0.5, 0.6) is 0 Å². The lowest BCUT2D eigenvalue weighted by molar-refractivity contribution is 0.103. The molecule has 1 aliphatic heterocycles. The number of nitrogen functional groups attached to an aromatic ring is 1. The maximum absolute atomic E-state index is 13.6. The van der Waals surface area contributed by atoms with Crippen molar-refractivity contribution in [2.24, 2.45) is 0 Å². The summed E-state index contributed by atoms with van der Waals surface area (Å²) in [7, 11) is 0. The highest BCUT2D eigenvalue weighted by atomic mass is 32.1. The third-order valence-corrected chi connectivity index (χ3v) is 7.59. The largest absolute Gasteiger partial charge is 0.383 e. The first kappa shape index (κ1) is 22.4. The van der Waals surface area contributed by atoms with Crippen LogP contribution in [-0.4, -0.2) is 35.4 Å². The first-order chi connectivity index (χ1) is 17.7. The van der Waals surface area contributed by atoms with E-state index in [1.165, 1.54) is 10.3 Å². The predicted molar refractivity (Wildman–Crippen MR) is 147 cm³/mol. The molecule has 5 aromatic rings. The highest BCUT2D eigenvalue weighted by molar-refractivity contribution is 7.17. The molecule has 2 aromatic carbocycles. The van der Waals surface area contributed by atoms with Gasteiger partial charge in [0, 0.05) is 53.1 Å². The summed E-state index contributed by atoms with van der Waals surface area (Å²) in [5, 5.41) is 6.81. The van der Waals surface area contributed by atoms with Gasteiger partial charge in [-0.15, -0.1) is 11.3 Å². The lowest BCUT2D eigenvalue weighted by Crippen LogP contribution is -2.46. The molecule has 0 radical (unpaired) electrons. The molecule has 6 rings (SSSR count). The van der Waals surface area contributed by atoms with Gasteiger partial charge in [0.05, 0.1) is 5.56 Å². The van der Waals surface area contributed by atoms with Crippen molar-refractivity contribution in [1.29, 1.82) is 0 Å². The number of benzene rings is 2. The molecule has 3 N–H and O–H groups in total. The van der Waals surface area contributed by atoms with Gasteiger partial charge < -0.3 is 16.0 Å². The number of pyridine rings is 2. The number of hydrogen-bond donors (Lipinski definition) is 2. The van der Waals surface area contributed by atoms with Gasteiger partial charge in [0.15, 0.2) is 0 Å². The minimum absolute atomic E-state index is 0.207.